The minimum Gasteiger partial charge on any atom is -0.496 e. The van der Waals surface area contributed by atoms with E-state index in [0.717, 1.165) is 21.3 Å². The van der Waals surface area contributed by atoms with E-state index >= 15 is 0 Å². The molecule has 1 N–H and O–H groups in total. The molecule has 0 aromatic heterocycles. The molecule has 21 heavy (non-hydrogen) atoms. The highest BCUT2D eigenvalue weighted by molar-refractivity contribution is 9.10. The zero-order valence-corrected chi connectivity index (χ0v) is 14.1. The third kappa shape index (κ3) is 3.99. The molecule has 3 nitrogen and oxygen atoms in total. The molecule has 0 unspecified atom stereocenters. The molecular formula is C16H15BrClNO2. The zero-order chi connectivity index (χ0) is 15.4. The van der Waals surface area contributed by atoms with Gasteiger partial charge in [-0.3, -0.25) is 4.79 Å². The van der Waals surface area contributed by atoms with Crippen LogP contribution in [0, 0.1) is 6.92 Å². The molecule has 0 spiro atoms. The Bertz CT molecular complexity index is 673. The minimum absolute atomic E-state index is 0.208. The second-order valence-corrected chi connectivity index (χ2v) is 5.93. The number of rotatable bonds is 4. The highest BCUT2D eigenvalue weighted by Crippen LogP contribution is 2.22. The lowest BCUT2D eigenvalue weighted by molar-refractivity contribution is 0.0951. The number of carbonyl (C=O) groups excluding carboxylic acids is 1. The van der Waals surface area contributed by atoms with Gasteiger partial charge < -0.3 is 10.1 Å². The lowest BCUT2D eigenvalue weighted by Crippen LogP contribution is -2.23. The van der Waals surface area contributed by atoms with E-state index in [1.807, 2.05) is 25.1 Å². The molecular weight excluding hydrogens is 354 g/mol. The van der Waals surface area contributed by atoms with Gasteiger partial charge in [-0.05, 0) is 42.3 Å². The molecule has 0 saturated heterocycles. The van der Waals surface area contributed by atoms with Crippen LogP contribution in [0.2, 0.25) is 5.02 Å². The number of benzene rings is 2. The molecule has 2 rings (SSSR count). The number of aryl methyl sites for hydroxylation is 1. The summed E-state index contributed by atoms with van der Waals surface area (Å²) in [5, 5.41) is 3.28. The summed E-state index contributed by atoms with van der Waals surface area (Å²) in [5.41, 5.74) is 2.48. The van der Waals surface area contributed by atoms with Crippen LogP contribution in [0.4, 0.5) is 0 Å². The van der Waals surface area contributed by atoms with Gasteiger partial charge in [-0.2, -0.15) is 0 Å². The molecule has 0 fully saturated rings. The maximum atomic E-state index is 12.2. The summed E-state index contributed by atoms with van der Waals surface area (Å²) >= 11 is 9.37. The molecule has 0 saturated carbocycles. The molecule has 0 aliphatic heterocycles. The van der Waals surface area contributed by atoms with Gasteiger partial charge in [0, 0.05) is 11.0 Å². The lowest BCUT2D eigenvalue weighted by Gasteiger charge is -2.10. The lowest BCUT2D eigenvalue weighted by atomic mass is 10.1. The SMILES string of the molecule is COc1cc(CNC(=O)c2cc(Br)ccc2Cl)ccc1C. The summed E-state index contributed by atoms with van der Waals surface area (Å²) in [6.07, 6.45) is 0. The van der Waals surface area contributed by atoms with Crippen molar-refractivity contribution in [3.8, 4) is 5.75 Å². The summed E-state index contributed by atoms with van der Waals surface area (Å²) in [5.74, 6) is 0.600. The summed E-state index contributed by atoms with van der Waals surface area (Å²) in [4.78, 5) is 12.2. The Morgan fingerprint density at radius 1 is 1.29 bits per heavy atom. The predicted octanol–water partition coefficient (Wildman–Crippen LogP) is 4.35. The van der Waals surface area contributed by atoms with Crippen LogP contribution >= 0.6 is 27.5 Å². The normalized spacial score (nSPS) is 10.3. The first-order valence-corrected chi connectivity index (χ1v) is 7.55. The molecule has 0 heterocycles. The fraction of sp³-hybridized carbons (Fsp3) is 0.188. The monoisotopic (exact) mass is 367 g/mol. The Labute approximate surface area is 137 Å². The van der Waals surface area contributed by atoms with Crippen molar-refractivity contribution in [3.05, 3.63) is 62.6 Å². The van der Waals surface area contributed by atoms with Crippen LogP contribution in [0.5, 0.6) is 5.75 Å². The second-order valence-electron chi connectivity index (χ2n) is 4.61. The molecule has 0 bridgehead atoms. The molecule has 110 valence electrons. The molecule has 2 aromatic rings. The summed E-state index contributed by atoms with van der Waals surface area (Å²) in [6, 6.07) is 11.0. The number of carbonyl (C=O) groups is 1. The minimum atomic E-state index is -0.208. The van der Waals surface area contributed by atoms with Crippen molar-refractivity contribution in [2.45, 2.75) is 13.5 Å². The van der Waals surface area contributed by atoms with Crippen LogP contribution in [0.3, 0.4) is 0 Å². The van der Waals surface area contributed by atoms with Crippen molar-refractivity contribution in [2.24, 2.45) is 0 Å². The number of hydrogen-bond donors (Lipinski definition) is 1. The van der Waals surface area contributed by atoms with Gasteiger partial charge in [0.2, 0.25) is 0 Å². The molecule has 2 aromatic carbocycles. The molecule has 0 aliphatic rings. The Morgan fingerprint density at radius 3 is 2.76 bits per heavy atom. The standard InChI is InChI=1S/C16H15BrClNO2/c1-10-3-4-11(7-15(10)21-2)9-19-16(20)13-8-12(17)5-6-14(13)18/h3-8H,9H2,1-2H3,(H,19,20). The van der Waals surface area contributed by atoms with E-state index in [1.165, 1.54) is 0 Å². The summed E-state index contributed by atoms with van der Waals surface area (Å²) in [6.45, 7) is 2.39. The van der Waals surface area contributed by atoms with E-state index in [-0.39, 0.29) is 5.91 Å². The van der Waals surface area contributed by atoms with Crippen molar-refractivity contribution in [3.63, 3.8) is 0 Å². The van der Waals surface area contributed by atoms with Crippen LogP contribution in [0.15, 0.2) is 40.9 Å². The first kappa shape index (κ1) is 15.9. The molecule has 0 aliphatic carbocycles. The Kier molecular flexibility index (Phi) is 5.26. The van der Waals surface area contributed by atoms with Gasteiger partial charge in [-0.1, -0.05) is 39.7 Å². The maximum absolute atomic E-state index is 12.2. The van der Waals surface area contributed by atoms with Gasteiger partial charge in [-0.15, -0.1) is 0 Å². The number of ether oxygens (including phenoxy) is 1. The molecule has 0 radical (unpaired) electrons. The average molecular weight is 369 g/mol. The van der Waals surface area contributed by atoms with E-state index in [4.69, 9.17) is 16.3 Å². The zero-order valence-electron chi connectivity index (χ0n) is 11.7. The number of halogens is 2. The van der Waals surface area contributed by atoms with Gasteiger partial charge in [0.25, 0.3) is 5.91 Å². The van der Waals surface area contributed by atoms with Gasteiger partial charge in [-0.25, -0.2) is 0 Å². The third-order valence-corrected chi connectivity index (χ3v) is 3.92. The van der Waals surface area contributed by atoms with Gasteiger partial charge in [0.1, 0.15) is 5.75 Å². The largest absolute Gasteiger partial charge is 0.496 e. The number of nitrogens with one attached hydrogen (secondary N) is 1. The Morgan fingerprint density at radius 2 is 2.05 bits per heavy atom. The number of methoxy groups -OCH3 is 1. The van der Waals surface area contributed by atoms with Gasteiger partial charge in [0.15, 0.2) is 0 Å². The first-order valence-electron chi connectivity index (χ1n) is 6.38. The maximum Gasteiger partial charge on any atom is 0.253 e. The van der Waals surface area contributed by atoms with E-state index in [9.17, 15) is 4.79 Å². The fourth-order valence-electron chi connectivity index (χ4n) is 1.92. The van der Waals surface area contributed by atoms with Crippen LogP contribution in [0.25, 0.3) is 0 Å². The van der Waals surface area contributed by atoms with E-state index < -0.39 is 0 Å². The average Bonchev–Trinajstić information content (AvgIpc) is 2.48. The quantitative estimate of drug-likeness (QED) is 0.871. The molecule has 0 atom stereocenters. The Hall–Kier alpha value is -1.52. The third-order valence-electron chi connectivity index (χ3n) is 3.10. The van der Waals surface area contributed by atoms with Crippen molar-refractivity contribution in [1.29, 1.82) is 0 Å². The van der Waals surface area contributed by atoms with E-state index in [1.54, 1.807) is 25.3 Å². The van der Waals surface area contributed by atoms with E-state index in [2.05, 4.69) is 21.2 Å². The molecule has 1 amide bonds. The highest BCUT2D eigenvalue weighted by Gasteiger charge is 2.11. The smallest absolute Gasteiger partial charge is 0.253 e. The van der Waals surface area contributed by atoms with Crippen LogP contribution < -0.4 is 10.1 Å². The highest BCUT2D eigenvalue weighted by atomic mass is 79.9. The fourth-order valence-corrected chi connectivity index (χ4v) is 2.49. The van der Waals surface area contributed by atoms with Crippen LogP contribution in [-0.2, 0) is 6.54 Å². The van der Waals surface area contributed by atoms with Gasteiger partial charge in [0.05, 0.1) is 17.7 Å². The van der Waals surface area contributed by atoms with E-state index in [0.29, 0.717) is 17.1 Å². The van der Waals surface area contributed by atoms with Crippen molar-refractivity contribution in [1.82, 2.24) is 5.32 Å². The first-order chi connectivity index (χ1) is 10.0. The van der Waals surface area contributed by atoms with Crippen molar-refractivity contribution in [2.75, 3.05) is 7.11 Å². The summed E-state index contributed by atoms with van der Waals surface area (Å²) in [7, 11) is 1.63. The number of amides is 1. The number of hydrogen-bond acceptors (Lipinski definition) is 2. The van der Waals surface area contributed by atoms with Crippen LogP contribution in [0.1, 0.15) is 21.5 Å². The molecule has 5 heteroatoms. The predicted molar refractivity (Wildman–Crippen MR) is 88.1 cm³/mol. The topological polar surface area (TPSA) is 38.3 Å². The second kappa shape index (κ2) is 6.96. The van der Waals surface area contributed by atoms with Crippen LogP contribution in [-0.4, -0.2) is 13.0 Å². The van der Waals surface area contributed by atoms with Crippen molar-refractivity contribution >= 4 is 33.4 Å². The van der Waals surface area contributed by atoms with Crippen molar-refractivity contribution < 1.29 is 9.53 Å². The van der Waals surface area contributed by atoms with Gasteiger partial charge >= 0.3 is 0 Å². The summed E-state index contributed by atoms with van der Waals surface area (Å²) < 4.78 is 6.09. The Balaban J connectivity index is 2.09.